The smallest absolute Gasteiger partial charge is 0.0781 e. The second-order valence-corrected chi connectivity index (χ2v) is 5.69. The van der Waals surface area contributed by atoms with Crippen molar-refractivity contribution in [3.05, 3.63) is 29.8 Å². The zero-order valence-corrected chi connectivity index (χ0v) is 11.6. The molecule has 1 saturated carbocycles. The highest BCUT2D eigenvalue weighted by Gasteiger charge is 2.35. The van der Waals surface area contributed by atoms with Crippen LogP contribution in [0.4, 0.5) is 5.69 Å². The van der Waals surface area contributed by atoms with Gasteiger partial charge in [-0.2, -0.15) is 0 Å². The highest BCUT2D eigenvalue weighted by atomic mass is 16.5. The molecule has 104 valence electrons. The summed E-state index contributed by atoms with van der Waals surface area (Å²) in [6.07, 6.45) is 4.92. The van der Waals surface area contributed by atoms with Crippen LogP contribution in [0.3, 0.4) is 0 Å². The van der Waals surface area contributed by atoms with E-state index in [0.717, 1.165) is 18.7 Å². The molecule has 0 aromatic heterocycles. The third-order valence-corrected chi connectivity index (χ3v) is 4.43. The number of benzene rings is 1. The number of rotatable bonds is 2. The molecule has 3 nitrogen and oxygen atoms in total. The lowest BCUT2D eigenvalue weighted by Crippen LogP contribution is -2.53. The number of fused-ring (bicyclic) bond motifs is 1. The van der Waals surface area contributed by atoms with E-state index in [-0.39, 0.29) is 0 Å². The van der Waals surface area contributed by atoms with Gasteiger partial charge in [-0.05, 0) is 25.8 Å². The number of nitrogens with zero attached hydrogens (tertiary/aromatic N) is 1. The van der Waals surface area contributed by atoms with E-state index in [1.165, 1.54) is 31.4 Å². The molecule has 1 heterocycles. The van der Waals surface area contributed by atoms with Crippen molar-refractivity contribution in [1.29, 1.82) is 0 Å². The minimum Gasteiger partial charge on any atom is -0.389 e. The van der Waals surface area contributed by atoms with E-state index < -0.39 is 6.10 Å². The lowest BCUT2D eigenvalue weighted by atomic mass is 9.89. The molecule has 1 aliphatic carbocycles. The third-order valence-electron chi connectivity index (χ3n) is 4.43. The molecule has 2 fully saturated rings. The van der Waals surface area contributed by atoms with Crippen molar-refractivity contribution in [2.24, 2.45) is 0 Å². The van der Waals surface area contributed by atoms with Gasteiger partial charge in [0.25, 0.3) is 0 Å². The fraction of sp³-hybridized carbons (Fsp3) is 0.625. The Bertz CT molecular complexity index is 431. The predicted molar refractivity (Wildman–Crippen MR) is 76.4 cm³/mol. The summed E-state index contributed by atoms with van der Waals surface area (Å²) in [5, 5.41) is 9.97. The summed E-state index contributed by atoms with van der Waals surface area (Å²) in [5.41, 5.74) is 2.23. The molecule has 1 aliphatic heterocycles. The second-order valence-electron chi connectivity index (χ2n) is 5.69. The summed E-state index contributed by atoms with van der Waals surface area (Å²) < 4.78 is 5.93. The van der Waals surface area contributed by atoms with E-state index in [0.29, 0.717) is 12.1 Å². The lowest BCUT2D eigenvalue weighted by molar-refractivity contribution is -0.00887. The number of aliphatic hydroxyl groups is 1. The maximum absolute atomic E-state index is 9.97. The van der Waals surface area contributed by atoms with Gasteiger partial charge < -0.3 is 14.7 Å². The lowest BCUT2D eigenvalue weighted by Gasteiger charge is -2.45. The Kier molecular flexibility index (Phi) is 3.76. The first kappa shape index (κ1) is 12.9. The molecule has 2 unspecified atom stereocenters. The molecule has 3 heteroatoms. The first-order chi connectivity index (χ1) is 9.27. The molecule has 1 aromatic carbocycles. The molecule has 0 radical (unpaired) electrons. The van der Waals surface area contributed by atoms with Crippen LogP contribution in [-0.4, -0.2) is 30.4 Å². The Hall–Kier alpha value is -1.06. The first-order valence-corrected chi connectivity index (χ1v) is 7.42. The number of aliphatic hydroxyl groups excluding tert-OH is 1. The van der Waals surface area contributed by atoms with E-state index in [1.54, 1.807) is 0 Å². The summed E-state index contributed by atoms with van der Waals surface area (Å²) >= 11 is 0. The molecule has 0 spiro atoms. The monoisotopic (exact) mass is 261 g/mol. The van der Waals surface area contributed by atoms with E-state index in [1.807, 2.05) is 19.1 Å². The van der Waals surface area contributed by atoms with Crippen LogP contribution in [-0.2, 0) is 4.74 Å². The topological polar surface area (TPSA) is 32.7 Å². The second kappa shape index (κ2) is 5.51. The Labute approximate surface area is 115 Å². The van der Waals surface area contributed by atoms with Crippen LogP contribution < -0.4 is 4.90 Å². The minimum atomic E-state index is -0.416. The molecule has 1 saturated heterocycles. The van der Waals surface area contributed by atoms with Gasteiger partial charge in [0.15, 0.2) is 0 Å². The molecule has 0 bridgehead atoms. The number of morpholine rings is 1. The maximum atomic E-state index is 9.97. The van der Waals surface area contributed by atoms with Crippen LogP contribution in [0.25, 0.3) is 0 Å². The van der Waals surface area contributed by atoms with E-state index in [9.17, 15) is 5.11 Å². The molecule has 1 N–H and O–H groups in total. The van der Waals surface area contributed by atoms with Gasteiger partial charge in [-0.1, -0.05) is 31.0 Å². The van der Waals surface area contributed by atoms with Crippen LogP contribution in [0, 0.1) is 0 Å². The Morgan fingerprint density at radius 2 is 2.05 bits per heavy atom. The fourth-order valence-electron chi connectivity index (χ4n) is 3.50. The molecule has 3 atom stereocenters. The van der Waals surface area contributed by atoms with Crippen molar-refractivity contribution in [1.82, 2.24) is 0 Å². The van der Waals surface area contributed by atoms with E-state index in [2.05, 4.69) is 17.0 Å². The van der Waals surface area contributed by atoms with Gasteiger partial charge in [-0.15, -0.1) is 0 Å². The highest BCUT2D eigenvalue weighted by Crippen LogP contribution is 2.35. The summed E-state index contributed by atoms with van der Waals surface area (Å²) in [7, 11) is 0. The first-order valence-electron chi connectivity index (χ1n) is 7.42. The van der Waals surface area contributed by atoms with Crippen molar-refractivity contribution >= 4 is 5.69 Å². The summed E-state index contributed by atoms with van der Waals surface area (Å²) in [4.78, 5) is 2.47. The average Bonchev–Trinajstić information content (AvgIpc) is 2.46. The van der Waals surface area contributed by atoms with Crippen molar-refractivity contribution in [2.45, 2.75) is 50.9 Å². The van der Waals surface area contributed by atoms with Crippen molar-refractivity contribution in [3.8, 4) is 0 Å². The Morgan fingerprint density at radius 1 is 1.26 bits per heavy atom. The van der Waals surface area contributed by atoms with Crippen LogP contribution in [0.2, 0.25) is 0 Å². The summed E-state index contributed by atoms with van der Waals surface area (Å²) in [5.74, 6) is 0. The Balaban J connectivity index is 1.91. The molecular formula is C16H23NO2. The zero-order chi connectivity index (χ0) is 13.2. The van der Waals surface area contributed by atoms with Gasteiger partial charge in [0.2, 0.25) is 0 Å². The van der Waals surface area contributed by atoms with Crippen LogP contribution >= 0.6 is 0 Å². The SMILES string of the molecule is C[C@H](O)c1ccccc1N1CCOC2CCCCC21. The van der Waals surface area contributed by atoms with Crippen molar-refractivity contribution in [3.63, 3.8) is 0 Å². The van der Waals surface area contributed by atoms with Gasteiger partial charge in [-0.3, -0.25) is 0 Å². The quantitative estimate of drug-likeness (QED) is 0.888. The number of para-hydroxylation sites is 1. The van der Waals surface area contributed by atoms with Crippen LogP contribution in [0.1, 0.15) is 44.3 Å². The van der Waals surface area contributed by atoms with Crippen LogP contribution in [0.15, 0.2) is 24.3 Å². The van der Waals surface area contributed by atoms with Gasteiger partial charge in [0.05, 0.1) is 24.9 Å². The largest absolute Gasteiger partial charge is 0.389 e. The predicted octanol–water partition coefficient (Wildman–Crippen LogP) is 2.89. The maximum Gasteiger partial charge on any atom is 0.0781 e. The van der Waals surface area contributed by atoms with E-state index >= 15 is 0 Å². The molecule has 19 heavy (non-hydrogen) atoms. The molecule has 0 amide bonds. The standard InChI is InChI=1S/C16H23NO2/c1-12(18)13-6-2-3-7-14(13)17-10-11-19-16-9-5-4-8-15(16)17/h2-3,6-7,12,15-16,18H,4-5,8-11H2,1H3/t12-,15?,16?/m0/s1. The molecule has 2 aliphatic rings. The fourth-order valence-corrected chi connectivity index (χ4v) is 3.50. The molecule has 1 aromatic rings. The molecular weight excluding hydrogens is 238 g/mol. The zero-order valence-electron chi connectivity index (χ0n) is 11.6. The number of hydrogen-bond acceptors (Lipinski definition) is 3. The number of hydrogen-bond donors (Lipinski definition) is 1. The minimum absolute atomic E-state index is 0.379. The molecule has 3 rings (SSSR count). The van der Waals surface area contributed by atoms with Gasteiger partial charge >= 0.3 is 0 Å². The van der Waals surface area contributed by atoms with Gasteiger partial charge in [0, 0.05) is 17.8 Å². The van der Waals surface area contributed by atoms with Crippen LogP contribution in [0.5, 0.6) is 0 Å². The van der Waals surface area contributed by atoms with E-state index in [4.69, 9.17) is 4.74 Å². The Morgan fingerprint density at radius 3 is 2.89 bits per heavy atom. The summed E-state index contributed by atoms with van der Waals surface area (Å²) in [6, 6.07) is 8.73. The van der Waals surface area contributed by atoms with Crippen molar-refractivity contribution in [2.75, 3.05) is 18.1 Å². The van der Waals surface area contributed by atoms with Gasteiger partial charge in [-0.25, -0.2) is 0 Å². The van der Waals surface area contributed by atoms with Crippen molar-refractivity contribution < 1.29 is 9.84 Å². The summed E-state index contributed by atoms with van der Waals surface area (Å²) in [6.45, 7) is 3.58. The normalized spacial score (nSPS) is 28.8. The van der Waals surface area contributed by atoms with Gasteiger partial charge in [0.1, 0.15) is 0 Å². The third kappa shape index (κ3) is 2.49. The average molecular weight is 261 g/mol. The number of ether oxygens (including phenoxy) is 1. The number of anilines is 1. The highest BCUT2D eigenvalue weighted by molar-refractivity contribution is 5.56.